The van der Waals surface area contributed by atoms with Gasteiger partial charge in [0.25, 0.3) is 0 Å². The molecule has 0 heterocycles. The van der Waals surface area contributed by atoms with E-state index in [1.165, 1.54) is 18.2 Å². The van der Waals surface area contributed by atoms with Gasteiger partial charge in [-0.3, -0.25) is 0 Å². The van der Waals surface area contributed by atoms with Crippen LogP contribution in [-0.2, 0) is 10.1 Å². The summed E-state index contributed by atoms with van der Waals surface area (Å²) >= 11 is 0. The van der Waals surface area contributed by atoms with Crippen molar-refractivity contribution >= 4 is 29.2 Å². The molecule has 144 valence electrons. The van der Waals surface area contributed by atoms with Crippen LogP contribution >= 0.6 is 0 Å². The lowest BCUT2D eigenvalue weighted by Crippen LogP contribution is -2.43. The van der Waals surface area contributed by atoms with Crippen LogP contribution in [0.5, 0.6) is 11.5 Å². The highest BCUT2D eigenvalue weighted by molar-refractivity contribution is 7.88. The minimum Gasteiger partial charge on any atom is -0.543 e. The summed E-state index contributed by atoms with van der Waals surface area (Å²) in [5, 5.41) is 1.23. The smallest absolute Gasteiger partial charge is 0.534 e. The molecule has 2 aromatic rings. The summed E-state index contributed by atoms with van der Waals surface area (Å²) in [6.45, 7) is 10.4. The molecule has 0 radical (unpaired) electrons. The van der Waals surface area contributed by atoms with Crippen LogP contribution in [0.1, 0.15) is 20.8 Å². The van der Waals surface area contributed by atoms with E-state index in [1.807, 2.05) is 0 Å². The zero-order valence-corrected chi connectivity index (χ0v) is 17.0. The Morgan fingerprint density at radius 1 is 0.885 bits per heavy atom. The van der Waals surface area contributed by atoms with Crippen molar-refractivity contribution in [2.75, 3.05) is 0 Å². The second-order valence-electron chi connectivity index (χ2n) is 7.52. The third-order valence-electron chi connectivity index (χ3n) is 4.45. The van der Waals surface area contributed by atoms with E-state index in [0.29, 0.717) is 11.1 Å². The molecule has 0 atom stereocenters. The van der Waals surface area contributed by atoms with Crippen molar-refractivity contribution in [3.63, 3.8) is 0 Å². The SMILES string of the molecule is CC(C)(C)[Si](C)(C)Oc1ccc2ccc(OS(=O)(=O)C(F)(F)F)cc2c1. The molecule has 0 saturated heterocycles. The molecule has 0 N–H and O–H groups in total. The molecule has 2 aromatic carbocycles. The van der Waals surface area contributed by atoms with Gasteiger partial charge in [0, 0.05) is 0 Å². The third-order valence-corrected chi connectivity index (χ3v) is 9.79. The zero-order chi connectivity index (χ0) is 20.0. The number of halogens is 3. The maximum absolute atomic E-state index is 12.5. The van der Waals surface area contributed by atoms with Gasteiger partial charge >= 0.3 is 15.6 Å². The number of fused-ring (bicyclic) bond motifs is 1. The minimum absolute atomic E-state index is 0.0201. The van der Waals surface area contributed by atoms with Gasteiger partial charge in [-0.15, -0.1) is 0 Å². The fourth-order valence-electron chi connectivity index (χ4n) is 1.94. The van der Waals surface area contributed by atoms with Gasteiger partial charge in [0.1, 0.15) is 11.5 Å². The molecule has 9 heteroatoms. The van der Waals surface area contributed by atoms with Crippen LogP contribution in [0.4, 0.5) is 13.2 Å². The second kappa shape index (κ2) is 6.45. The van der Waals surface area contributed by atoms with Gasteiger partial charge in [-0.2, -0.15) is 21.6 Å². The molecule has 0 bridgehead atoms. The van der Waals surface area contributed by atoms with Crippen LogP contribution in [0, 0.1) is 0 Å². The average Bonchev–Trinajstić information content (AvgIpc) is 2.43. The summed E-state index contributed by atoms with van der Waals surface area (Å²) in [4.78, 5) is 0. The number of benzene rings is 2. The van der Waals surface area contributed by atoms with Gasteiger partial charge in [0.15, 0.2) is 0 Å². The third kappa shape index (κ3) is 4.32. The van der Waals surface area contributed by atoms with Crippen molar-refractivity contribution in [3.05, 3.63) is 36.4 Å². The van der Waals surface area contributed by atoms with Gasteiger partial charge in [-0.05, 0) is 53.2 Å². The molecule has 0 aliphatic heterocycles. The summed E-state index contributed by atoms with van der Waals surface area (Å²) in [7, 11) is -7.79. The van der Waals surface area contributed by atoms with E-state index in [1.54, 1.807) is 18.2 Å². The van der Waals surface area contributed by atoms with Crippen LogP contribution in [0.15, 0.2) is 36.4 Å². The number of hydrogen-bond donors (Lipinski definition) is 0. The molecule has 0 fully saturated rings. The Morgan fingerprint density at radius 2 is 1.38 bits per heavy atom. The Hall–Kier alpha value is -1.74. The van der Waals surface area contributed by atoms with Crippen LogP contribution < -0.4 is 8.61 Å². The highest BCUT2D eigenvalue weighted by atomic mass is 32.2. The van der Waals surface area contributed by atoms with E-state index in [-0.39, 0.29) is 5.04 Å². The minimum atomic E-state index is -5.70. The average molecular weight is 406 g/mol. The highest BCUT2D eigenvalue weighted by Gasteiger charge is 2.48. The summed E-state index contributed by atoms with van der Waals surface area (Å²) < 4.78 is 70.1. The van der Waals surface area contributed by atoms with Crippen molar-refractivity contribution in [2.24, 2.45) is 0 Å². The largest absolute Gasteiger partial charge is 0.543 e. The molecule has 0 saturated carbocycles. The molecular formula is C17H21F3O4SSi. The molecule has 4 nitrogen and oxygen atoms in total. The van der Waals surface area contributed by atoms with E-state index in [9.17, 15) is 21.6 Å². The predicted octanol–water partition coefficient (Wildman–Crippen LogP) is 5.45. The molecule has 0 aliphatic carbocycles. The maximum Gasteiger partial charge on any atom is 0.534 e. The van der Waals surface area contributed by atoms with E-state index in [4.69, 9.17) is 4.43 Å². The van der Waals surface area contributed by atoms with Crippen molar-refractivity contribution in [1.29, 1.82) is 0 Å². The fourth-order valence-corrected chi connectivity index (χ4v) is 3.41. The number of rotatable bonds is 4. The normalized spacial score (nSPS) is 13.7. The van der Waals surface area contributed by atoms with Gasteiger partial charge < -0.3 is 8.61 Å². The number of hydrogen-bond acceptors (Lipinski definition) is 4. The monoisotopic (exact) mass is 406 g/mol. The Bertz CT molecular complexity index is 916. The zero-order valence-electron chi connectivity index (χ0n) is 15.1. The Balaban J connectivity index is 2.37. The second-order valence-corrected chi connectivity index (χ2v) is 13.8. The highest BCUT2D eigenvalue weighted by Crippen LogP contribution is 2.38. The molecule has 0 spiro atoms. The topological polar surface area (TPSA) is 52.6 Å². The molecular weight excluding hydrogens is 385 g/mol. The Kier molecular flexibility index (Phi) is 5.10. The first kappa shape index (κ1) is 20.6. The van der Waals surface area contributed by atoms with Gasteiger partial charge in [-0.1, -0.05) is 32.9 Å². The van der Waals surface area contributed by atoms with Crippen LogP contribution in [0.25, 0.3) is 10.8 Å². The van der Waals surface area contributed by atoms with Crippen molar-refractivity contribution in [2.45, 2.75) is 44.4 Å². The quantitative estimate of drug-likeness (QED) is 0.385. The van der Waals surface area contributed by atoms with E-state index < -0.39 is 29.7 Å². The van der Waals surface area contributed by atoms with Gasteiger partial charge in [0.2, 0.25) is 8.32 Å². The first-order chi connectivity index (χ1) is 11.6. The predicted molar refractivity (Wildman–Crippen MR) is 97.4 cm³/mol. The summed E-state index contributed by atoms with van der Waals surface area (Å²) in [5.41, 5.74) is -5.48. The maximum atomic E-state index is 12.5. The first-order valence-electron chi connectivity index (χ1n) is 7.86. The lowest BCUT2D eigenvalue weighted by atomic mass is 10.1. The standard InChI is InChI=1S/C17H21F3O4SSi/c1-16(2,3)26(4,5)24-15-9-7-12-6-8-14(10-13(12)11-15)23-25(21,22)17(18,19)20/h6-11H,1-5H3. The van der Waals surface area contributed by atoms with E-state index >= 15 is 0 Å². The van der Waals surface area contributed by atoms with Crippen LogP contribution in [0.2, 0.25) is 18.1 Å². The lowest BCUT2D eigenvalue weighted by molar-refractivity contribution is -0.0500. The Morgan fingerprint density at radius 3 is 1.88 bits per heavy atom. The van der Waals surface area contributed by atoms with Crippen molar-refractivity contribution in [1.82, 2.24) is 0 Å². The van der Waals surface area contributed by atoms with Gasteiger partial charge in [-0.25, -0.2) is 0 Å². The molecule has 0 amide bonds. The molecule has 0 unspecified atom stereocenters. The summed E-state index contributed by atoms with van der Waals surface area (Å²) in [6, 6.07) is 9.14. The molecule has 0 aliphatic rings. The summed E-state index contributed by atoms with van der Waals surface area (Å²) in [5.74, 6) is 0.180. The van der Waals surface area contributed by atoms with E-state index in [2.05, 4.69) is 38.0 Å². The van der Waals surface area contributed by atoms with Crippen molar-refractivity contribution in [3.8, 4) is 11.5 Å². The van der Waals surface area contributed by atoms with Crippen molar-refractivity contribution < 1.29 is 30.2 Å². The molecule has 2 rings (SSSR count). The van der Waals surface area contributed by atoms with Gasteiger partial charge in [0.05, 0.1) is 0 Å². The first-order valence-corrected chi connectivity index (χ1v) is 12.2. The number of alkyl halides is 3. The summed E-state index contributed by atoms with van der Waals surface area (Å²) in [6.07, 6.45) is 0. The Labute approximate surface area is 152 Å². The van der Waals surface area contributed by atoms with Crippen LogP contribution in [-0.4, -0.2) is 22.2 Å². The molecule has 0 aromatic heterocycles. The van der Waals surface area contributed by atoms with Crippen LogP contribution in [0.3, 0.4) is 0 Å². The fraction of sp³-hybridized carbons (Fsp3) is 0.412. The lowest BCUT2D eigenvalue weighted by Gasteiger charge is -2.36. The van der Waals surface area contributed by atoms with E-state index in [0.717, 1.165) is 5.39 Å². The molecule has 26 heavy (non-hydrogen) atoms.